The van der Waals surface area contributed by atoms with Gasteiger partial charge in [-0.3, -0.25) is 4.79 Å². The van der Waals surface area contributed by atoms with Crippen LogP contribution < -0.4 is 5.56 Å². The number of H-pyrrole nitrogens is 1. The van der Waals surface area contributed by atoms with Gasteiger partial charge in [-0.2, -0.15) is 0 Å². The molecule has 2 aromatic rings. The minimum atomic E-state index is -0.338. The third-order valence-electron chi connectivity index (χ3n) is 4.35. The number of hydrogen-bond acceptors (Lipinski definition) is 4. The zero-order chi connectivity index (χ0) is 17.1. The number of carbonyl (C=O) groups is 1. The monoisotopic (exact) mass is 324 g/mol. The summed E-state index contributed by atoms with van der Waals surface area (Å²) in [6.45, 7) is 1.81. The normalized spacial score (nSPS) is 16.3. The topological polar surface area (TPSA) is 72.0 Å². The molecule has 0 radical (unpaired) electrons. The van der Waals surface area contributed by atoms with E-state index in [4.69, 9.17) is 0 Å². The van der Waals surface area contributed by atoms with Crippen molar-refractivity contribution in [2.24, 2.45) is 0 Å². The van der Waals surface area contributed by atoms with Gasteiger partial charge in [0, 0.05) is 5.56 Å². The van der Waals surface area contributed by atoms with E-state index in [0.717, 1.165) is 36.1 Å². The third kappa shape index (κ3) is 3.30. The molecule has 1 aliphatic rings. The van der Waals surface area contributed by atoms with E-state index in [-0.39, 0.29) is 17.4 Å². The predicted octanol–water partition coefficient (Wildman–Crippen LogP) is 3.00. The van der Waals surface area contributed by atoms with Crippen LogP contribution in [0.3, 0.4) is 0 Å². The van der Waals surface area contributed by atoms with Gasteiger partial charge in [-0.05, 0) is 49.8 Å². The van der Waals surface area contributed by atoms with Gasteiger partial charge in [0.2, 0.25) is 0 Å². The van der Waals surface area contributed by atoms with Gasteiger partial charge in [0.05, 0.1) is 18.4 Å². The van der Waals surface area contributed by atoms with Crippen LogP contribution >= 0.6 is 0 Å². The van der Waals surface area contributed by atoms with Gasteiger partial charge in [0.25, 0.3) is 5.56 Å². The lowest BCUT2D eigenvalue weighted by Gasteiger charge is -2.07. The van der Waals surface area contributed by atoms with E-state index in [2.05, 4.69) is 20.8 Å². The molecular formula is C19H20N2O3. The molecule has 1 N–H and O–H groups in total. The summed E-state index contributed by atoms with van der Waals surface area (Å²) in [6.07, 6.45) is 6.72. The number of nitrogens with zero attached hydrogens (tertiary/aromatic N) is 1. The van der Waals surface area contributed by atoms with E-state index < -0.39 is 0 Å². The number of aromatic nitrogens is 2. The number of allylic oxidation sites excluding steroid dienone is 1. The van der Waals surface area contributed by atoms with Crippen molar-refractivity contribution < 1.29 is 9.53 Å². The highest BCUT2D eigenvalue weighted by Crippen LogP contribution is 2.32. The van der Waals surface area contributed by atoms with Crippen LogP contribution in [0.5, 0.6) is 0 Å². The number of aryl methyl sites for hydroxylation is 2. The maximum absolute atomic E-state index is 12.1. The minimum absolute atomic E-state index is 0.00386. The van der Waals surface area contributed by atoms with E-state index >= 15 is 0 Å². The molecule has 0 aliphatic heterocycles. The van der Waals surface area contributed by atoms with Gasteiger partial charge >= 0.3 is 5.97 Å². The lowest BCUT2D eigenvalue weighted by molar-refractivity contribution is 0.0600. The summed E-state index contributed by atoms with van der Waals surface area (Å²) >= 11 is 0. The molecule has 124 valence electrons. The molecule has 0 saturated heterocycles. The van der Waals surface area contributed by atoms with Gasteiger partial charge in [0.15, 0.2) is 0 Å². The fourth-order valence-electron chi connectivity index (χ4n) is 3.17. The lowest BCUT2D eigenvalue weighted by Crippen LogP contribution is -2.17. The number of hydrogen-bond donors (Lipinski definition) is 1. The van der Waals surface area contributed by atoms with E-state index in [9.17, 15) is 9.59 Å². The van der Waals surface area contributed by atoms with Gasteiger partial charge in [-0.1, -0.05) is 24.3 Å². The number of benzene rings is 1. The maximum Gasteiger partial charge on any atom is 0.337 e. The van der Waals surface area contributed by atoms with Gasteiger partial charge in [-0.25, -0.2) is 9.78 Å². The first-order chi connectivity index (χ1) is 11.6. The Morgan fingerprint density at radius 2 is 2.12 bits per heavy atom. The molecule has 1 atom stereocenters. The molecule has 1 aromatic heterocycles. The molecule has 0 spiro atoms. The molecule has 5 heteroatoms. The summed E-state index contributed by atoms with van der Waals surface area (Å²) in [6, 6.07) is 7.24. The fraction of sp³-hybridized carbons (Fsp3) is 0.316. The Bertz CT molecular complexity index is 835. The van der Waals surface area contributed by atoms with Crippen molar-refractivity contribution in [2.45, 2.75) is 32.1 Å². The first-order valence-electron chi connectivity index (χ1n) is 8.03. The van der Waals surface area contributed by atoms with Crippen LogP contribution in [0.25, 0.3) is 6.08 Å². The van der Waals surface area contributed by atoms with E-state index in [1.165, 1.54) is 7.11 Å². The average Bonchev–Trinajstić information content (AvgIpc) is 2.98. The summed E-state index contributed by atoms with van der Waals surface area (Å²) < 4.78 is 4.68. The van der Waals surface area contributed by atoms with Crippen molar-refractivity contribution in [3.63, 3.8) is 0 Å². The van der Waals surface area contributed by atoms with Crippen LogP contribution in [0.2, 0.25) is 0 Å². The van der Waals surface area contributed by atoms with Gasteiger partial charge in [-0.15, -0.1) is 0 Å². The van der Waals surface area contributed by atoms with Gasteiger partial charge < -0.3 is 9.72 Å². The number of ether oxygens (including phenoxy) is 1. The highest BCUT2D eigenvalue weighted by molar-refractivity contribution is 5.89. The Morgan fingerprint density at radius 1 is 1.38 bits per heavy atom. The average molecular weight is 324 g/mol. The van der Waals surface area contributed by atoms with Crippen molar-refractivity contribution in [1.82, 2.24) is 9.97 Å². The zero-order valence-corrected chi connectivity index (χ0v) is 13.8. The summed E-state index contributed by atoms with van der Waals surface area (Å²) in [5.74, 6) is 0.568. The first kappa shape index (κ1) is 16.2. The van der Waals surface area contributed by atoms with Crippen molar-refractivity contribution in [3.8, 4) is 0 Å². The number of aromatic amines is 1. The fourth-order valence-corrected chi connectivity index (χ4v) is 3.17. The van der Waals surface area contributed by atoms with Crippen molar-refractivity contribution in [2.75, 3.05) is 7.11 Å². The van der Waals surface area contributed by atoms with Crippen LogP contribution in [0.15, 0.2) is 35.1 Å². The van der Waals surface area contributed by atoms with Crippen molar-refractivity contribution in [3.05, 3.63) is 68.9 Å². The van der Waals surface area contributed by atoms with E-state index in [0.29, 0.717) is 11.4 Å². The van der Waals surface area contributed by atoms with Crippen LogP contribution in [0.1, 0.15) is 51.8 Å². The van der Waals surface area contributed by atoms with E-state index in [1.807, 2.05) is 25.1 Å². The lowest BCUT2D eigenvalue weighted by atomic mass is 9.99. The molecule has 1 aromatic carbocycles. The zero-order valence-electron chi connectivity index (χ0n) is 13.8. The SMILES string of the molecule is COC(=O)c1ccc(/C=C/CC2CCc3nc(C)[nH]c(=O)c32)cc1. The molecule has 5 nitrogen and oxygen atoms in total. The van der Waals surface area contributed by atoms with Crippen LogP contribution in [-0.4, -0.2) is 23.0 Å². The molecule has 1 aliphatic carbocycles. The summed E-state index contributed by atoms with van der Waals surface area (Å²) in [4.78, 5) is 30.8. The summed E-state index contributed by atoms with van der Waals surface area (Å²) in [5.41, 5.74) is 3.32. The Morgan fingerprint density at radius 3 is 2.83 bits per heavy atom. The molecule has 0 amide bonds. The number of esters is 1. The van der Waals surface area contributed by atoms with Crippen molar-refractivity contribution in [1.29, 1.82) is 0 Å². The third-order valence-corrected chi connectivity index (χ3v) is 4.35. The molecule has 0 fully saturated rings. The molecule has 1 heterocycles. The number of carbonyl (C=O) groups excluding carboxylic acids is 1. The highest BCUT2D eigenvalue weighted by atomic mass is 16.5. The largest absolute Gasteiger partial charge is 0.465 e. The van der Waals surface area contributed by atoms with Gasteiger partial charge in [0.1, 0.15) is 5.82 Å². The Balaban J connectivity index is 1.68. The van der Waals surface area contributed by atoms with Crippen molar-refractivity contribution >= 4 is 12.0 Å². The second-order valence-electron chi connectivity index (χ2n) is 6.00. The Hall–Kier alpha value is -2.69. The standard InChI is InChI=1S/C19H20N2O3/c1-12-20-16-11-10-14(17(16)18(22)21-12)5-3-4-13-6-8-15(9-7-13)19(23)24-2/h3-4,6-9,14H,5,10-11H2,1-2H3,(H,20,21,22)/b4-3+. The summed E-state index contributed by atoms with van der Waals surface area (Å²) in [7, 11) is 1.37. The Kier molecular flexibility index (Phi) is 4.60. The number of methoxy groups -OCH3 is 1. The number of fused-ring (bicyclic) bond motifs is 1. The molecule has 0 saturated carbocycles. The summed E-state index contributed by atoms with van der Waals surface area (Å²) in [5, 5.41) is 0. The molecule has 1 unspecified atom stereocenters. The first-order valence-corrected chi connectivity index (χ1v) is 8.03. The molecule has 3 rings (SSSR count). The van der Waals surface area contributed by atoms with E-state index in [1.54, 1.807) is 12.1 Å². The second-order valence-corrected chi connectivity index (χ2v) is 6.00. The molecular weight excluding hydrogens is 304 g/mol. The second kappa shape index (κ2) is 6.83. The number of nitrogens with one attached hydrogen (secondary N) is 1. The quantitative estimate of drug-likeness (QED) is 0.878. The maximum atomic E-state index is 12.1. The highest BCUT2D eigenvalue weighted by Gasteiger charge is 2.26. The van der Waals surface area contributed by atoms with Crippen LogP contribution in [0.4, 0.5) is 0 Å². The Labute approximate surface area is 140 Å². The molecule has 0 bridgehead atoms. The minimum Gasteiger partial charge on any atom is -0.465 e. The van der Waals surface area contributed by atoms with Crippen LogP contribution in [-0.2, 0) is 11.2 Å². The predicted molar refractivity (Wildman–Crippen MR) is 92.1 cm³/mol. The smallest absolute Gasteiger partial charge is 0.337 e. The molecule has 24 heavy (non-hydrogen) atoms. The number of rotatable bonds is 4. The van der Waals surface area contributed by atoms with Crippen LogP contribution in [0, 0.1) is 6.92 Å².